The van der Waals surface area contributed by atoms with E-state index in [4.69, 9.17) is 9.72 Å². The molecule has 5 N–H and O–H groups in total. The summed E-state index contributed by atoms with van der Waals surface area (Å²) in [5.74, 6) is 2.12. The highest BCUT2D eigenvalue weighted by Crippen LogP contribution is 2.27. The van der Waals surface area contributed by atoms with Crippen molar-refractivity contribution < 1.29 is 14.8 Å². The second-order valence-electron chi connectivity index (χ2n) is 8.89. The zero-order chi connectivity index (χ0) is 23.3. The van der Waals surface area contributed by atoms with Gasteiger partial charge in [-0.25, -0.2) is 4.98 Å². The van der Waals surface area contributed by atoms with Gasteiger partial charge >= 0.3 is 11.6 Å². The predicted molar refractivity (Wildman–Crippen MR) is 132 cm³/mol. The van der Waals surface area contributed by atoms with Gasteiger partial charge in [-0.15, -0.1) is 0 Å². The largest absolute Gasteiger partial charge is 0.493 e. The van der Waals surface area contributed by atoms with Gasteiger partial charge in [0.25, 0.3) is 0 Å². The summed E-state index contributed by atoms with van der Waals surface area (Å²) in [5.41, 5.74) is 4.82. The number of hydrogen-bond donors (Lipinski definition) is 4. The lowest BCUT2D eigenvalue weighted by Gasteiger charge is -2.26. The van der Waals surface area contributed by atoms with E-state index in [-0.39, 0.29) is 12.1 Å². The predicted octanol–water partition coefficient (Wildman–Crippen LogP) is 4.16. The fourth-order valence-electron chi connectivity index (χ4n) is 4.37. The molecular weight excluding hydrogens is 428 g/mol. The minimum absolute atomic E-state index is 0.187. The Kier molecular flexibility index (Phi) is 6.58. The fraction of sp³-hybridized carbons (Fsp3) is 0.346. The number of anilines is 3. The number of imidazole rings is 1. The number of aromatic nitrogens is 4. The van der Waals surface area contributed by atoms with Crippen molar-refractivity contribution in [3.63, 3.8) is 0 Å². The smallest absolute Gasteiger partial charge is 0.307 e. The van der Waals surface area contributed by atoms with Crippen LogP contribution < -0.4 is 20.4 Å². The summed E-state index contributed by atoms with van der Waals surface area (Å²) in [5, 5.41) is 16.7. The van der Waals surface area contributed by atoms with Gasteiger partial charge in [0.15, 0.2) is 12.1 Å². The van der Waals surface area contributed by atoms with Crippen LogP contribution in [0.3, 0.4) is 0 Å². The lowest BCUT2D eigenvalue weighted by atomic mass is 9.93. The van der Waals surface area contributed by atoms with Crippen LogP contribution in [0.1, 0.15) is 36.8 Å². The molecule has 0 unspecified atom stereocenters. The summed E-state index contributed by atoms with van der Waals surface area (Å²) in [6.07, 6.45) is 5.91. The molecule has 8 heteroatoms. The Bertz CT molecular complexity index is 1230. The number of ether oxygens (including phenoxy) is 1. The first-order valence-electron chi connectivity index (χ1n) is 11.9. The van der Waals surface area contributed by atoms with E-state index >= 15 is 0 Å². The molecule has 1 saturated carbocycles. The Morgan fingerprint density at radius 3 is 2.71 bits per heavy atom. The molecule has 0 bridgehead atoms. The van der Waals surface area contributed by atoms with Crippen molar-refractivity contribution in [2.75, 3.05) is 17.2 Å². The van der Waals surface area contributed by atoms with Crippen LogP contribution in [-0.4, -0.2) is 38.8 Å². The number of nitrogens with zero attached hydrogens (tertiary/aromatic N) is 2. The fourth-order valence-corrected chi connectivity index (χ4v) is 4.37. The molecule has 0 atom stereocenters. The summed E-state index contributed by atoms with van der Waals surface area (Å²) in [4.78, 5) is 15.7. The summed E-state index contributed by atoms with van der Waals surface area (Å²) >= 11 is 0. The third-order valence-corrected chi connectivity index (χ3v) is 6.32. The lowest BCUT2D eigenvalue weighted by molar-refractivity contribution is -0.347. The zero-order valence-electron chi connectivity index (χ0n) is 19.3. The van der Waals surface area contributed by atoms with E-state index in [1.807, 2.05) is 43.3 Å². The molecule has 2 aromatic heterocycles. The van der Waals surface area contributed by atoms with E-state index in [2.05, 4.69) is 37.7 Å². The standard InChI is InChI=1S/C26H30N6O2/c1-17-15-21(34-14-13-18-5-3-2-4-6-18)11-12-22(17)30-26-31-24-23(27-16-28-24)25(32-26)29-19-7-9-20(33)10-8-19/h2-6,11-12,15-16,19-20,33H,7-10,13-14H2,1H3,(H3,27,28,29,30,31,32)/p+1. The van der Waals surface area contributed by atoms with Crippen molar-refractivity contribution >= 4 is 28.6 Å². The van der Waals surface area contributed by atoms with Gasteiger partial charge in [0, 0.05) is 18.2 Å². The Hall–Kier alpha value is -3.65. The summed E-state index contributed by atoms with van der Waals surface area (Å²) in [7, 11) is 0. The molecular formula is C26H31N6O2+. The van der Waals surface area contributed by atoms with Crippen LogP contribution in [-0.2, 0) is 6.42 Å². The van der Waals surface area contributed by atoms with Crippen LogP contribution in [0, 0.1) is 6.92 Å². The second kappa shape index (κ2) is 10.1. The van der Waals surface area contributed by atoms with Crippen molar-refractivity contribution in [2.45, 2.75) is 51.2 Å². The number of aryl methyl sites for hydroxylation is 1. The summed E-state index contributed by atoms with van der Waals surface area (Å²) in [6.45, 7) is 2.67. The van der Waals surface area contributed by atoms with E-state index < -0.39 is 0 Å². The molecule has 176 valence electrons. The molecule has 2 aromatic carbocycles. The maximum Gasteiger partial charge on any atom is 0.307 e. The normalized spacial score (nSPS) is 18.1. The number of benzene rings is 2. The molecule has 2 heterocycles. The van der Waals surface area contributed by atoms with Crippen molar-refractivity contribution in [2.24, 2.45) is 0 Å². The first-order chi connectivity index (χ1) is 16.6. The molecule has 0 aliphatic heterocycles. The number of hydrogen-bond acceptors (Lipinski definition) is 6. The summed E-state index contributed by atoms with van der Waals surface area (Å²) in [6, 6.07) is 16.6. The average Bonchev–Trinajstić information content (AvgIpc) is 3.32. The Morgan fingerprint density at radius 2 is 1.91 bits per heavy atom. The minimum Gasteiger partial charge on any atom is -0.493 e. The minimum atomic E-state index is -0.187. The second-order valence-corrected chi connectivity index (χ2v) is 8.89. The maximum absolute atomic E-state index is 9.80. The third-order valence-electron chi connectivity index (χ3n) is 6.32. The van der Waals surface area contributed by atoms with Crippen LogP contribution in [0.4, 0.5) is 17.5 Å². The van der Waals surface area contributed by atoms with Crippen molar-refractivity contribution in [3.8, 4) is 5.75 Å². The molecule has 0 saturated heterocycles. The monoisotopic (exact) mass is 459 g/mol. The van der Waals surface area contributed by atoms with Gasteiger partial charge in [0.1, 0.15) is 5.75 Å². The molecule has 1 aliphatic rings. The number of fused-ring (bicyclic) bond motifs is 1. The van der Waals surface area contributed by atoms with E-state index in [0.29, 0.717) is 12.6 Å². The highest BCUT2D eigenvalue weighted by Gasteiger charge is 2.23. The van der Waals surface area contributed by atoms with Crippen molar-refractivity contribution in [3.05, 3.63) is 66.0 Å². The average molecular weight is 460 g/mol. The molecule has 1 fully saturated rings. The van der Waals surface area contributed by atoms with Crippen LogP contribution in [0.25, 0.3) is 11.2 Å². The summed E-state index contributed by atoms with van der Waals surface area (Å²) < 4.78 is 5.96. The van der Waals surface area contributed by atoms with Gasteiger partial charge in [-0.1, -0.05) is 35.3 Å². The molecule has 1 aliphatic carbocycles. The first-order valence-corrected chi connectivity index (χ1v) is 11.9. The van der Waals surface area contributed by atoms with Crippen LogP contribution in [0.2, 0.25) is 0 Å². The molecule has 0 amide bonds. The molecule has 0 spiro atoms. The van der Waals surface area contributed by atoms with Crippen molar-refractivity contribution in [1.82, 2.24) is 15.0 Å². The molecule has 4 aromatic rings. The molecule has 0 radical (unpaired) electrons. The van der Waals surface area contributed by atoms with Gasteiger partial charge in [0.05, 0.1) is 12.7 Å². The Labute approximate surface area is 198 Å². The number of H-pyrrole nitrogens is 2. The highest BCUT2D eigenvalue weighted by molar-refractivity contribution is 5.82. The van der Waals surface area contributed by atoms with E-state index in [1.165, 1.54) is 5.56 Å². The maximum atomic E-state index is 9.80. The Balaban J connectivity index is 1.27. The number of aromatic amines is 2. The molecule has 8 nitrogen and oxygen atoms in total. The lowest BCUT2D eigenvalue weighted by Crippen LogP contribution is -2.28. The molecule has 5 rings (SSSR count). The third kappa shape index (κ3) is 5.28. The number of rotatable bonds is 8. The Morgan fingerprint density at radius 1 is 1.09 bits per heavy atom. The van der Waals surface area contributed by atoms with Gasteiger partial charge in [-0.3, -0.25) is 4.98 Å². The first kappa shape index (κ1) is 22.2. The van der Waals surface area contributed by atoms with E-state index in [1.54, 1.807) is 6.33 Å². The quantitative estimate of drug-likeness (QED) is 0.315. The number of nitrogens with one attached hydrogen (secondary N) is 4. The van der Waals surface area contributed by atoms with Gasteiger partial charge in [-0.05, 0) is 61.9 Å². The SMILES string of the molecule is Cc1cc(OCCc2ccccc2)ccc1Nc1nc(NC2CCC(O)CC2)c2[nH]c[nH+]c2n1. The van der Waals surface area contributed by atoms with Crippen LogP contribution in [0.5, 0.6) is 5.75 Å². The molecule has 34 heavy (non-hydrogen) atoms. The van der Waals surface area contributed by atoms with Crippen LogP contribution in [0.15, 0.2) is 54.9 Å². The van der Waals surface area contributed by atoms with Crippen molar-refractivity contribution in [1.29, 1.82) is 0 Å². The zero-order valence-corrected chi connectivity index (χ0v) is 19.3. The van der Waals surface area contributed by atoms with E-state index in [9.17, 15) is 5.11 Å². The van der Waals surface area contributed by atoms with Crippen LogP contribution >= 0.6 is 0 Å². The van der Waals surface area contributed by atoms with Gasteiger partial charge in [-0.2, -0.15) is 4.98 Å². The number of aliphatic hydroxyl groups excluding tert-OH is 1. The highest BCUT2D eigenvalue weighted by atomic mass is 16.5. The van der Waals surface area contributed by atoms with Gasteiger partial charge < -0.3 is 20.5 Å². The van der Waals surface area contributed by atoms with E-state index in [0.717, 1.165) is 66.1 Å². The topological polar surface area (TPSA) is 109 Å². The van der Waals surface area contributed by atoms with Gasteiger partial charge in [0.2, 0.25) is 5.52 Å². The number of aliphatic hydroxyl groups is 1.